The molecule has 1 aliphatic heterocycles. The zero-order chi connectivity index (χ0) is 13.4. The van der Waals surface area contributed by atoms with E-state index in [2.05, 4.69) is 4.98 Å². The topological polar surface area (TPSA) is 96.0 Å². The van der Waals surface area contributed by atoms with Gasteiger partial charge in [-0.2, -0.15) is 4.98 Å². The lowest BCUT2D eigenvalue weighted by atomic mass is 10.1. The fourth-order valence-corrected chi connectivity index (χ4v) is 2.88. The third-order valence-corrected chi connectivity index (χ3v) is 4.11. The van der Waals surface area contributed by atoms with Gasteiger partial charge < -0.3 is 24.5 Å². The van der Waals surface area contributed by atoms with E-state index in [0.717, 1.165) is 11.8 Å². The van der Waals surface area contributed by atoms with Gasteiger partial charge in [-0.1, -0.05) is 12.1 Å². The average Bonchev–Trinajstić information content (AvgIpc) is 2.81. The molecule has 0 spiro atoms. The standard InChI is InChI=1S/C12H13NO5S/c14-7-5-19-11(16)9(15)10(7)18-12-13-6-3-1-2-4-8(6)17-12/h1-4,7,9-11,14-16H,5H2/t7-,9-,10+,11+/m1/s1. The third kappa shape index (κ3) is 2.42. The molecule has 0 amide bonds. The maximum atomic E-state index is 9.82. The van der Waals surface area contributed by atoms with Crippen LogP contribution in [-0.4, -0.2) is 49.8 Å². The van der Waals surface area contributed by atoms with Crippen LogP contribution in [0.25, 0.3) is 11.1 Å². The number of rotatable bonds is 2. The molecule has 0 saturated carbocycles. The summed E-state index contributed by atoms with van der Waals surface area (Å²) >= 11 is 1.08. The minimum atomic E-state index is -1.19. The average molecular weight is 283 g/mol. The number of thioether (sulfide) groups is 1. The maximum absolute atomic E-state index is 9.82. The second kappa shape index (κ2) is 5.01. The van der Waals surface area contributed by atoms with Crippen molar-refractivity contribution < 1.29 is 24.5 Å². The normalized spacial score (nSPS) is 31.5. The van der Waals surface area contributed by atoms with Crippen LogP contribution in [0.4, 0.5) is 0 Å². The number of benzene rings is 1. The van der Waals surface area contributed by atoms with Crippen LogP contribution >= 0.6 is 11.8 Å². The molecule has 4 atom stereocenters. The van der Waals surface area contributed by atoms with E-state index < -0.39 is 23.7 Å². The largest absolute Gasteiger partial charge is 0.441 e. The van der Waals surface area contributed by atoms with E-state index in [-0.39, 0.29) is 11.8 Å². The Morgan fingerprint density at radius 2 is 2.05 bits per heavy atom. The number of hydrogen-bond donors (Lipinski definition) is 3. The molecular weight excluding hydrogens is 270 g/mol. The summed E-state index contributed by atoms with van der Waals surface area (Å²) in [6.45, 7) is 0. The minimum absolute atomic E-state index is 0.0246. The Kier molecular flexibility index (Phi) is 3.36. The van der Waals surface area contributed by atoms with E-state index in [0.29, 0.717) is 11.1 Å². The van der Waals surface area contributed by atoms with Crippen LogP contribution in [0, 0.1) is 0 Å². The van der Waals surface area contributed by atoms with Crippen molar-refractivity contribution in [2.45, 2.75) is 23.7 Å². The summed E-state index contributed by atoms with van der Waals surface area (Å²) in [4.78, 5) is 4.10. The highest BCUT2D eigenvalue weighted by Gasteiger charge is 2.40. The molecule has 0 aliphatic carbocycles. The third-order valence-electron chi connectivity index (χ3n) is 2.96. The smallest absolute Gasteiger partial charge is 0.395 e. The van der Waals surface area contributed by atoms with Crippen molar-refractivity contribution in [1.82, 2.24) is 4.98 Å². The Morgan fingerprint density at radius 3 is 2.84 bits per heavy atom. The Hall–Kier alpha value is -1.28. The number of hydrogen-bond acceptors (Lipinski definition) is 7. The molecule has 1 aromatic carbocycles. The molecule has 3 rings (SSSR count). The van der Waals surface area contributed by atoms with Gasteiger partial charge in [-0.25, -0.2) is 0 Å². The predicted molar refractivity (Wildman–Crippen MR) is 68.9 cm³/mol. The zero-order valence-electron chi connectivity index (χ0n) is 9.84. The van der Waals surface area contributed by atoms with Crippen LogP contribution in [0.3, 0.4) is 0 Å². The van der Waals surface area contributed by atoms with Crippen LogP contribution in [0.15, 0.2) is 28.7 Å². The van der Waals surface area contributed by atoms with Gasteiger partial charge in [0.25, 0.3) is 0 Å². The van der Waals surface area contributed by atoms with Gasteiger partial charge in [0, 0.05) is 5.75 Å². The van der Waals surface area contributed by atoms with Gasteiger partial charge in [0.2, 0.25) is 0 Å². The lowest BCUT2D eigenvalue weighted by Crippen LogP contribution is -2.52. The van der Waals surface area contributed by atoms with E-state index in [9.17, 15) is 15.3 Å². The number of nitrogens with zero attached hydrogens (tertiary/aromatic N) is 1. The summed E-state index contributed by atoms with van der Waals surface area (Å²) < 4.78 is 10.7. The van der Waals surface area contributed by atoms with Crippen molar-refractivity contribution in [2.24, 2.45) is 0 Å². The van der Waals surface area contributed by atoms with E-state index in [4.69, 9.17) is 9.15 Å². The molecule has 7 heteroatoms. The van der Waals surface area contributed by atoms with Crippen LogP contribution in [0.2, 0.25) is 0 Å². The fourth-order valence-electron chi connectivity index (χ4n) is 1.95. The first-order valence-corrected chi connectivity index (χ1v) is 6.88. The SMILES string of the molecule is O[C@@H]1[C@@H](Oc2nc3ccccc3o2)[C@H](O)CS[C@@H]1O. The number of aliphatic hydroxyl groups excluding tert-OH is 3. The van der Waals surface area contributed by atoms with Crippen molar-refractivity contribution in [2.75, 3.05) is 5.75 Å². The first-order valence-electron chi connectivity index (χ1n) is 5.83. The lowest BCUT2D eigenvalue weighted by Gasteiger charge is -2.33. The number of aromatic nitrogens is 1. The Bertz CT molecular complexity index is 541. The Morgan fingerprint density at radius 1 is 1.26 bits per heavy atom. The van der Waals surface area contributed by atoms with Crippen molar-refractivity contribution in [3.63, 3.8) is 0 Å². The van der Waals surface area contributed by atoms with Crippen molar-refractivity contribution in [1.29, 1.82) is 0 Å². The summed E-state index contributed by atoms with van der Waals surface area (Å²) in [5.74, 6) is 0.281. The molecule has 6 nitrogen and oxygen atoms in total. The first kappa shape index (κ1) is 12.7. The summed E-state index contributed by atoms with van der Waals surface area (Å²) in [6.07, 6.45) is -3.06. The molecule has 1 aliphatic rings. The second-order valence-corrected chi connectivity index (χ2v) is 5.46. The van der Waals surface area contributed by atoms with E-state index >= 15 is 0 Å². The fraction of sp³-hybridized carbons (Fsp3) is 0.417. The van der Waals surface area contributed by atoms with Crippen molar-refractivity contribution in [3.05, 3.63) is 24.3 Å². The highest BCUT2D eigenvalue weighted by molar-refractivity contribution is 7.99. The summed E-state index contributed by atoms with van der Waals surface area (Å²) in [5, 5.41) is 29.2. The van der Waals surface area contributed by atoms with Crippen molar-refractivity contribution in [3.8, 4) is 6.08 Å². The van der Waals surface area contributed by atoms with Gasteiger partial charge >= 0.3 is 6.08 Å². The molecule has 1 fully saturated rings. The molecule has 0 bridgehead atoms. The first-order chi connectivity index (χ1) is 9.15. The molecule has 19 heavy (non-hydrogen) atoms. The highest BCUT2D eigenvalue weighted by Crippen LogP contribution is 2.29. The monoisotopic (exact) mass is 283 g/mol. The lowest BCUT2D eigenvalue weighted by molar-refractivity contribution is -0.0794. The van der Waals surface area contributed by atoms with Crippen LogP contribution in [0.1, 0.15) is 0 Å². The quantitative estimate of drug-likeness (QED) is 0.732. The molecule has 0 unspecified atom stereocenters. The number of fused-ring (bicyclic) bond motifs is 1. The summed E-state index contributed by atoms with van der Waals surface area (Å²) in [7, 11) is 0. The molecule has 0 radical (unpaired) electrons. The number of aliphatic hydroxyl groups is 3. The summed E-state index contributed by atoms with van der Waals surface area (Å²) in [6, 6.07) is 7.14. The molecular formula is C12H13NO5S. The van der Waals surface area contributed by atoms with Gasteiger partial charge in [-0.05, 0) is 12.1 Å². The predicted octanol–water partition coefficient (Wildman–Crippen LogP) is 0.362. The highest BCUT2D eigenvalue weighted by atomic mass is 32.2. The van der Waals surface area contributed by atoms with Gasteiger partial charge in [0.1, 0.15) is 23.2 Å². The minimum Gasteiger partial charge on any atom is -0.441 e. The van der Waals surface area contributed by atoms with Crippen LogP contribution in [0.5, 0.6) is 6.08 Å². The van der Waals surface area contributed by atoms with Crippen LogP contribution < -0.4 is 4.74 Å². The van der Waals surface area contributed by atoms with Gasteiger partial charge in [-0.3, -0.25) is 0 Å². The number of oxazole rings is 1. The van der Waals surface area contributed by atoms with E-state index in [1.807, 2.05) is 12.1 Å². The zero-order valence-corrected chi connectivity index (χ0v) is 10.7. The van der Waals surface area contributed by atoms with Crippen molar-refractivity contribution >= 4 is 22.9 Å². The number of ether oxygens (including phenoxy) is 1. The van der Waals surface area contributed by atoms with E-state index in [1.165, 1.54) is 0 Å². The van der Waals surface area contributed by atoms with Gasteiger partial charge in [-0.15, -0.1) is 11.8 Å². The Balaban J connectivity index is 1.83. The molecule has 2 heterocycles. The molecule has 102 valence electrons. The van der Waals surface area contributed by atoms with E-state index in [1.54, 1.807) is 12.1 Å². The second-order valence-electron chi connectivity index (χ2n) is 4.31. The maximum Gasteiger partial charge on any atom is 0.395 e. The van der Waals surface area contributed by atoms with Crippen LogP contribution in [-0.2, 0) is 0 Å². The molecule has 3 N–H and O–H groups in total. The van der Waals surface area contributed by atoms with Gasteiger partial charge in [0.15, 0.2) is 11.7 Å². The molecule has 1 aromatic heterocycles. The summed E-state index contributed by atoms with van der Waals surface area (Å²) in [5.41, 5.74) is 0.206. The Labute approximate surface area is 113 Å². The van der Waals surface area contributed by atoms with Gasteiger partial charge in [0.05, 0.1) is 0 Å². The molecule has 2 aromatic rings. The number of para-hydroxylation sites is 2. The molecule has 1 saturated heterocycles.